The van der Waals surface area contributed by atoms with Crippen LogP contribution in [0.25, 0.3) is 5.69 Å². The number of aryl methyl sites for hydroxylation is 2. The monoisotopic (exact) mass is 372 g/mol. The summed E-state index contributed by atoms with van der Waals surface area (Å²) in [7, 11) is 1.66. The molecule has 2 aromatic heterocycles. The molecule has 28 heavy (non-hydrogen) atoms. The topological polar surface area (TPSA) is 66.0 Å². The number of hydrogen-bond donors (Lipinski definition) is 1. The third-order valence-corrected chi connectivity index (χ3v) is 4.17. The largest absolute Gasteiger partial charge is 0.497 e. The van der Waals surface area contributed by atoms with Crippen LogP contribution >= 0.6 is 0 Å². The van der Waals surface area contributed by atoms with E-state index in [1.807, 2.05) is 83.7 Å². The van der Waals surface area contributed by atoms with Crippen molar-refractivity contribution in [2.75, 3.05) is 12.8 Å². The van der Waals surface area contributed by atoms with Crippen molar-refractivity contribution in [3.8, 4) is 11.4 Å². The first-order valence-corrected chi connectivity index (χ1v) is 9.14. The lowest BCUT2D eigenvalue weighted by Gasteiger charge is -2.07. The van der Waals surface area contributed by atoms with Gasteiger partial charge in [-0.25, -0.2) is 4.68 Å². The van der Waals surface area contributed by atoms with Crippen molar-refractivity contribution in [2.45, 2.75) is 12.8 Å². The van der Waals surface area contributed by atoms with E-state index in [1.54, 1.807) is 13.3 Å². The van der Waals surface area contributed by atoms with E-state index < -0.39 is 0 Å². The molecule has 0 saturated heterocycles. The van der Waals surface area contributed by atoms with Gasteiger partial charge < -0.3 is 10.5 Å². The molecule has 0 radical (unpaired) electrons. The van der Waals surface area contributed by atoms with Crippen LogP contribution in [-0.2, 0) is 12.8 Å². The summed E-state index contributed by atoms with van der Waals surface area (Å²) in [6, 6.07) is 25.7. The normalized spacial score (nSPS) is 10.0. The number of pyridine rings is 1. The first kappa shape index (κ1) is 19.2. The molecule has 142 valence electrons. The predicted molar refractivity (Wildman–Crippen MR) is 113 cm³/mol. The average Bonchev–Trinajstić information content (AvgIpc) is 3.15. The minimum absolute atomic E-state index is 0.551. The van der Waals surface area contributed by atoms with E-state index >= 15 is 0 Å². The standard InChI is InChI=1S/C16H16N4.C7H8O/c17-16-11-15(9-8-13-5-4-10-18-12-13)20(19-16)14-6-2-1-3-7-14;1-8-7-5-3-2-4-6-7/h1-7,10-12H,8-9H2,(H2,17,19);2-6H,1H3. The van der Waals surface area contributed by atoms with Gasteiger partial charge in [-0.3, -0.25) is 4.98 Å². The van der Waals surface area contributed by atoms with Crippen LogP contribution in [-0.4, -0.2) is 21.9 Å². The third kappa shape index (κ3) is 5.45. The van der Waals surface area contributed by atoms with E-state index in [9.17, 15) is 0 Å². The molecule has 0 aliphatic heterocycles. The summed E-state index contributed by atoms with van der Waals surface area (Å²) < 4.78 is 6.82. The van der Waals surface area contributed by atoms with Gasteiger partial charge in [-0.15, -0.1) is 0 Å². The van der Waals surface area contributed by atoms with Crippen LogP contribution in [0, 0.1) is 0 Å². The molecular formula is C23H24N4O. The van der Waals surface area contributed by atoms with Gasteiger partial charge in [0.05, 0.1) is 12.8 Å². The lowest BCUT2D eigenvalue weighted by Crippen LogP contribution is -2.03. The molecule has 0 aliphatic carbocycles. The van der Waals surface area contributed by atoms with Crippen molar-refractivity contribution >= 4 is 5.82 Å². The van der Waals surface area contributed by atoms with Crippen molar-refractivity contribution in [1.29, 1.82) is 0 Å². The Bertz CT molecular complexity index is 954. The highest BCUT2D eigenvalue weighted by molar-refractivity contribution is 5.39. The Balaban J connectivity index is 0.000000236. The minimum atomic E-state index is 0.551. The Hall–Kier alpha value is -3.60. The Morgan fingerprint density at radius 1 is 0.893 bits per heavy atom. The predicted octanol–water partition coefficient (Wildman–Crippen LogP) is 4.33. The molecule has 4 aromatic rings. The van der Waals surface area contributed by atoms with Crippen LogP contribution in [0.3, 0.4) is 0 Å². The number of methoxy groups -OCH3 is 1. The number of nitrogen functional groups attached to an aromatic ring is 1. The summed E-state index contributed by atoms with van der Waals surface area (Å²) in [5, 5.41) is 4.37. The fourth-order valence-corrected chi connectivity index (χ4v) is 2.79. The second kappa shape index (κ2) is 9.92. The zero-order valence-corrected chi connectivity index (χ0v) is 15.9. The molecule has 0 amide bonds. The number of anilines is 1. The molecule has 5 heteroatoms. The van der Waals surface area contributed by atoms with Gasteiger partial charge in [0.2, 0.25) is 0 Å². The molecule has 5 nitrogen and oxygen atoms in total. The fraction of sp³-hybridized carbons (Fsp3) is 0.130. The maximum atomic E-state index is 5.84. The van der Waals surface area contributed by atoms with Crippen molar-refractivity contribution in [1.82, 2.24) is 14.8 Å². The smallest absolute Gasteiger partial charge is 0.146 e. The summed E-state index contributed by atoms with van der Waals surface area (Å²) in [6.45, 7) is 0. The second-order valence-electron chi connectivity index (χ2n) is 6.19. The van der Waals surface area contributed by atoms with E-state index in [4.69, 9.17) is 10.5 Å². The highest BCUT2D eigenvalue weighted by Gasteiger charge is 2.08. The Kier molecular flexibility index (Phi) is 6.79. The molecule has 2 aromatic carbocycles. The molecule has 0 atom stereocenters. The van der Waals surface area contributed by atoms with E-state index in [0.29, 0.717) is 5.82 Å². The van der Waals surface area contributed by atoms with Gasteiger partial charge in [-0.2, -0.15) is 5.10 Å². The van der Waals surface area contributed by atoms with Crippen molar-refractivity contribution in [3.05, 3.63) is 103 Å². The SMILES string of the molecule is COc1ccccc1.Nc1cc(CCc2cccnc2)n(-c2ccccc2)n1. The second-order valence-corrected chi connectivity index (χ2v) is 6.19. The number of ether oxygens (including phenoxy) is 1. The summed E-state index contributed by atoms with van der Waals surface area (Å²) in [5.41, 5.74) is 9.20. The van der Waals surface area contributed by atoms with Gasteiger partial charge in [0.15, 0.2) is 0 Å². The van der Waals surface area contributed by atoms with Crippen LogP contribution in [0.1, 0.15) is 11.3 Å². The lowest BCUT2D eigenvalue weighted by atomic mass is 10.1. The third-order valence-electron chi connectivity index (χ3n) is 4.17. The first-order chi connectivity index (χ1) is 13.8. The van der Waals surface area contributed by atoms with Gasteiger partial charge in [0.25, 0.3) is 0 Å². The highest BCUT2D eigenvalue weighted by Crippen LogP contribution is 2.15. The molecule has 0 aliphatic rings. The van der Waals surface area contributed by atoms with E-state index in [-0.39, 0.29) is 0 Å². The number of nitrogens with two attached hydrogens (primary N) is 1. The van der Waals surface area contributed by atoms with Crippen molar-refractivity contribution in [3.63, 3.8) is 0 Å². The average molecular weight is 372 g/mol. The minimum Gasteiger partial charge on any atom is -0.497 e. The van der Waals surface area contributed by atoms with E-state index in [1.165, 1.54) is 5.56 Å². The molecule has 0 bridgehead atoms. The van der Waals surface area contributed by atoms with Gasteiger partial charge in [0, 0.05) is 24.2 Å². The molecule has 2 N–H and O–H groups in total. The molecule has 0 spiro atoms. The van der Waals surface area contributed by atoms with Crippen LogP contribution in [0.4, 0.5) is 5.82 Å². The number of hydrogen-bond acceptors (Lipinski definition) is 4. The van der Waals surface area contributed by atoms with Gasteiger partial charge in [-0.05, 0) is 48.7 Å². The molecule has 0 saturated carbocycles. The first-order valence-electron chi connectivity index (χ1n) is 9.14. The maximum Gasteiger partial charge on any atom is 0.146 e. The Morgan fingerprint density at radius 2 is 1.61 bits per heavy atom. The summed E-state index contributed by atoms with van der Waals surface area (Å²) >= 11 is 0. The molecule has 4 rings (SSSR count). The van der Waals surface area contributed by atoms with Crippen LogP contribution in [0.15, 0.2) is 91.3 Å². The quantitative estimate of drug-likeness (QED) is 0.566. The Morgan fingerprint density at radius 3 is 2.21 bits per heavy atom. The zero-order valence-electron chi connectivity index (χ0n) is 15.9. The molecular weight excluding hydrogens is 348 g/mol. The summed E-state index contributed by atoms with van der Waals surface area (Å²) in [6.07, 6.45) is 5.49. The van der Waals surface area contributed by atoms with Gasteiger partial charge in [-0.1, -0.05) is 42.5 Å². The maximum absolute atomic E-state index is 5.84. The summed E-state index contributed by atoms with van der Waals surface area (Å²) in [5.74, 6) is 1.46. The van der Waals surface area contributed by atoms with Crippen molar-refractivity contribution in [2.24, 2.45) is 0 Å². The number of nitrogens with zero attached hydrogens (tertiary/aromatic N) is 3. The number of rotatable bonds is 5. The molecule has 0 unspecified atom stereocenters. The summed E-state index contributed by atoms with van der Waals surface area (Å²) in [4.78, 5) is 4.14. The van der Waals surface area contributed by atoms with E-state index in [2.05, 4.69) is 16.1 Å². The lowest BCUT2D eigenvalue weighted by molar-refractivity contribution is 0.415. The van der Waals surface area contributed by atoms with Crippen molar-refractivity contribution < 1.29 is 4.74 Å². The van der Waals surface area contributed by atoms with Crippen LogP contribution in [0.5, 0.6) is 5.75 Å². The number of para-hydroxylation sites is 2. The van der Waals surface area contributed by atoms with E-state index in [0.717, 1.165) is 30.0 Å². The Labute approximate surface area is 165 Å². The zero-order chi connectivity index (χ0) is 19.6. The van der Waals surface area contributed by atoms with Gasteiger partial charge in [0.1, 0.15) is 11.6 Å². The number of benzene rings is 2. The van der Waals surface area contributed by atoms with Crippen LogP contribution in [0.2, 0.25) is 0 Å². The van der Waals surface area contributed by atoms with Gasteiger partial charge >= 0.3 is 0 Å². The molecule has 0 fully saturated rings. The fourth-order valence-electron chi connectivity index (χ4n) is 2.79. The highest BCUT2D eigenvalue weighted by atomic mass is 16.5. The number of aromatic nitrogens is 3. The molecule has 2 heterocycles. The van der Waals surface area contributed by atoms with Crippen LogP contribution < -0.4 is 10.5 Å².